The molecule has 1 unspecified atom stereocenters. The first-order valence-electron chi connectivity index (χ1n) is 7.60. The van der Waals surface area contributed by atoms with Crippen LogP contribution >= 0.6 is 0 Å². The van der Waals surface area contributed by atoms with E-state index in [1.165, 1.54) is 25.7 Å². The van der Waals surface area contributed by atoms with Crippen molar-refractivity contribution < 1.29 is 9.00 Å². The van der Waals surface area contributed by atoms with Gasteiger partial charge in [-0.05, 0) is 37.5 Å². The highest BCUT2D eigenvalue weighted by Crippen LogP contribution is 2.19. The van der Waals surface area contributed by atoms with E-state index in [0.29, 0.717) is 10.6 Å². The topological polar surface area (TPSA) is 72.2 Å². The van der Waals surface area contributed by atoms with Crippen LogP contribution in [0.3, 0.4) is 0 Å². The highest BCUT2D eigenvalue weighted by Gasteiger charge is 2.17. The number of carbonyl (C=O) groups is 1. The Morgan fingerprint density at radius 3 is 2.57 bits per heavy atom. The zero-order valence-electron chi connectivity index (χ0n) is 12.6. The minimum absolute atomic E-state index is 0.0102. The van der Waals surface area contributed by atoms with Crippen molar-refractivity contribution in [1.82, 2.24) is 5.32 Å². The van der Waals surface area contributed by atoms with Crippen LogP contribution in [-0.4, -0.2) is 21.9 Å². The molecule has 116 valence electrons. The van der Waals surface area contributed by atoms with Crippen LogP contribution in [0.1, 0.15) is 44.1 Å². The van der Waals surface area contributed by atoms with Crippen molar-refractivity contribution in [2.75, 3.05) is 11.5 Å². The number of benzene rings is 1. The van der Waals surface area contributed by atoms with Crippen molar-refractivity contribution >= 4 is 22.4 Å². The lowest BCUT2D eigenvalue weighted by atomic mass is 10.1. The van der Waals surface area contributed by atoms with Crippen LogP contribution in [0.15, 0.2) is 23.1 Å². The van der Waals surface area contributed by atoms with Crippen LogP contribution in [0.2, 0.25) is 0 Å². The summed E-state index contributed by atoms with van der Waals surface area (Å²) in [4.78, 5) is 12.6. The summed E-state index contributed by atoms with van der Waals surface area (Å²) in [5, 5.41) is 3.02. The average molecular weight is 308 g/mol. The highest BCUT2D eigenvalue weighted by molar-refractivity contribution is 7.86. The first kappa shape index (κ1) is 16.0. The van der Waals surface area contributed by atoms with E-state index in [9.17, 15) is 9.00 Å². The molecule has 3 N–H and O–H groups in total. The number of nitrogen functional groups attached to an aromatic ring is 1. The number of nitrogens with one attached hydrogen (secondary N) is 1. The molecular weight excluding hydrogens is 284 g/mol. The van der Waals surface area contributed by atoms with Crippen molar-refractivity contribution in [1.29, 1.82) is 0 Å². The largest absolute Gasteiger partial charge is 0.398 e. The summed E-state index contributed by atoms with van der Waals surface area (Å²) in [6, 6.07) is 5.65. The normalized spacial score (nSPS) is 18.0. The van der Waals surface area contributed by atoms with Gasteiger partial charge in [-0.2, -0.15) is 0 Å². The smallest absolute Gasteiger partial charge is 0.233 e. The van der Waals surface area contributed by atoms with Gasteiger partial charge < -0.3 is 11.1 Å². The molecule has 21 heavy (non-hydrogen) atoms. The summed E-state index contributed by atoms with van der Waals surface area (Å²) in [6.07, 6.45) is 6.89. The van der Waals surface area contributed by atoms with Crippen molar-refractivity contribution in [3.63, 3.8) is 0 Å². The first-order valence-corrected chi connectivity index (χ1v) is 8.92. The molecule has 0 aliphatic heterocycles. The van der Waals surface area contributed by atoms with E-state index in [1.54, 1.807) is 12.1 Å². The van der Waals surface area contributed by atoms with Gasteiger partial charge in [0.2, 0.25) is 5.91 Å². The molecule has 1 amide bonds. The summed E-state index contributed by atoms with van der Waals surface area (Å²) >= 11 is 0. The van der Waals surface area contributed by atoms with Gasteiger partial charge in [-0.1, -0.05) is 31.7 Å². The van der Waals surface area contributed by atoms with Gasteiger partial charge in [-0.25, -0.2) is 0 Å². The number of anilines is 1. The summed E-state index contributed by atoms with van der Waals surface area (Å²) in [5.41, 5.74) is 7.40. The zero-order chi connectivity index (χ0) is 15.2. The minimum atomic E-state index is -1.38. The quantitative estimate of drug-likeness (QED) is 0.663. The van der Waals surface area contributed by atoms with Gasteiger partial charge in [0.15, 0.2) is 0 Å². The minimum Gasteiger partial charge on any atom is -0.398 e. The second-order valence-electron chi connectivity index (χ2n) is 5.79. The second-order valence-corrected chi connectivity index (χ2v) is 7.21. The highest BCUT2D eigenvalue weighted by atomic mass is 32.2. The lowest BCUT2D eigenvalue weighted by Gasteiger charge is -2.16. The Kier molecular flexibility index (Phi) is 5.79. The Hall–Kier alpha value is -1.36. The molecule has 5 heteroatoms. The number of hydrogen-bond donors (Lipinski definition) is 2. The summed E-state index contributed by atoms with van der Waals surface area (Å²) in [7, 11) is -1.38. The van der Waals surface area contributed by atoms with Crippen molar-refractivity contribution in [3.05, 3.63) is 23.8 Å². The average Bonchev–Trinajstić information content (AvgIpc) is 2.66. The molecule has 1 saturated carbocycles. The maximum absolute atomic E-state index is 12.3. The summed E-state index contributed by atoms with van der Waals surface area (Å²) in [6.45, 7) is 1.93. The Morgan fingerprint density at radius 2 is 1.95 bits per heavy atom. The lowest BCUT2D eigenvalue weighted by molar-refractivity contribution is -0.119. The van der Waals surface area contributed by atoms with Crippen molar-refractivity contribution in [2.45, 2.75) is 56.4 Å². The number of hydrogen-bond acceptors (Lipinski definition) is 3. The molecule has 0 aromatic heterocycles. The monoisotopic (exact) mass is 308 g/mol. The number of carbonyl (C=O) groups excluding carboxylic acids is 1. The van der Waals surface area contributed by atoms with E-state index in [4.69, 9.17) is 5.73 Å². The fraction of sp³-hybridized carbons (Fsp3) is 0.562. The van der Waals surface area contributed by atoms with Crippen LogP contribution in [-0.2, 0) is 15.6 Å². The van der Waals surface area contributed by atoms with E-state index in [2.05, 4.69) is 5.32 Å². The predicted octanol–water partition coefficient (Wildman–Crippen LogP) is 2.52. The standard InChI is InChI=1S/C16H24N2O2S/c1-12-8-9-15(14(17)10-12)21(20)11-16(19)18-13-6-4-2-3-5-7-13/h8-10,13H,2-7,11,17H2,1H3,(H,18,19). The fourth-order valence-corrected chi connectivity index (χ4v) is 3.78. The zero-order valence-corrected chi connectivity index (χ0v) is 13.4. The number of rotatable bonds is 4. The first-order chi connectivity index (χ1) is 10.1. The molecule has 2 rings (SSSR count). The van der Waals surface area contributed by atoms with Gasteiger partial charge in [-0.3, -0.25) is 9.00 Å². The molecule has 0 heterocycles. The Morgan fingerprint density at radius 1 is 1.29 bits per heavy atom. The molecule has 1 aromatic rings. The van der Waals surface area contributed by atoms with Crippen LogP contribution in [0, 0.1) is 6.92 Å². The number of aryl methyl sites for hydroxylation is 1. The van der Waals surface area contributed by atoms with E-state index in [1.807, 2.05) is 13.0 Å². The molecule has 1 atom stereocenters. The molecular formula is C16H24N2O2S. The Labute approximate surface area is 129 Å². The van der Waals surface area contributed by atoms with E-state index >= 15 is 0 Å². The maximum atomic E-state index is 12.3. The molecule has 1 fully saturated rings. The Bertz CT molecular complexity index is 523. The molecule has 0 saturated heterocycles. The maximum Gasteiger partial charge on any atom is 0.233 e. The van der Waals surface area contributed by atoms with Crippen LogP contribution < -0.4 is 11.1 Å². The molecule has 0 bridgehead atoms. The predicted molar refractivity (Wildman–Crippen MR) is 86.5 cm³/mol. The van der Waals surface area contributed by atoms with E-state index in [-0.39, 0.29) is 17.7 Å². The summed E-state index contributed by atoms with van der Waals surface area (Å²) in [5.74, 6) is -0.149. The fourth-order valence-electron chi connectivity index (χ4n) is 2.77. The summed E-state index contributed by atoms with van der Waals surface area (Å²) < 4.78 is 12.3. The van der Waals surface area contributed by atoms with E-state index < -0.39 is 10.8 Å². The molecule has 1 aliphatic carbocycles. The van der Waals surface area contributed by atoms with Crippen LogP contribution in [0.4, 0.5) is 5.69 Å². The van der Waals surface area contributed by atoms with Gasteiger partial charge in [0, 0.05) is 11.7 Å². The van der Waals surface area contributed by atoms with Gasteiger partial charge in [0.1, 0.15) is 5.75 Å². The molecule has 0 spiro atoms. The van der Waals surface area contributed by atoms with E-state index in [0.717, 1.165) is 18.4 Å². The third kappa shape index (κ3) is 4.84. The van der Waals surface area contributed by atoms with Crippen LogP contribution in [0.25, 0.3) is 0 Å². The molecule has 1 aliphatic rings. The Balaban J connectivity index is 1.90. The van der Waals surface area contributed by atoms with Gasteiger partial charge in [-0.15, -0.1) is 0 Å². The molecule has 1 aromatic carbocycles. The van der Waals surface area contributed by atoms with Gasteiger partial charge in [0.25, 0.3) is 0 Å². The molecule has 0 radical (unpaired) electrons. The van der Waals surface area contributed by atoms with Crippen molar-refractivity contribution in [3.8, 4) is 0 Å². The van der Waals surface area contributed by atoms with Gasteiger partial charge in [0.05, 0.1) is 15.7 Å². The van der Waals surface area contributed by atoms with Crippen LogP contribution in [0.5, 0.6) is 0 Å². The number of amides is 1. The second kappa shape index (κ2) is 7.59. The van der Waals surface area contributed by atoms with Crippen molar-refractivity contribution in [2.24, 2.45) is 0 Å². The van der Waals surface area contributed by atoms with Gasteiger partial charge >= 0.3 is 0 Å². The third-order valence-corrected chi connectivity index (χ3v) is 5.28. The number of nitrogens with two attached hydrogens (primary N) is 1. The lowest BCUT2D eigenvalue weighted by Crippen LogP contribution is -2.37. The molecule has 4 nitrogen and oxygen atoms in total. The SMILES string of the molecule is Cc1ccc(S(=O)CC(=O)NC2CCCCCC2)c(N)c1. The third-order valence-electron chi connectivity index (χ3n) is 3.89.